The van der Waals surface area contributed by atoms with E-state index in [4.69, 9.17) is 9.15 Å². The molecule has 6 nitrogen and oxygen atoms in total. The van der Waals surface area contributed by atoms with Crippen LogP contribution in [0.2, 0.25) is 0 Å². The minimum absolute atomic E-state index is 0.0312. The number of rotatable bonds is 6. The van der Waals surface area contributed by atoms with Gasteiger partial charge in [-0.15, -0.1) is 0 Å². The van der Waals surface area contributed by atoms with E-state index >= 15 is 0 Å². The molecule has 25 heavy (non-hydrogen) atoms. The first-order valence-corrected chi connectivity index (χ1v) is 7.66. The summed E-state index contributed by atoms with van der Waals surface area (Å²) in [6, 6.07) is 7.70. The second-order valence-electron chi connectivity index (χ2n) is 5.27. The van der Waals surface area contributed by atoms with Crippen molar-refractivity contribution in [3.05, 3.63) is 66.8 Å². The van der Waals surface area contributed by atoms with Gasteiger partial charge in [0.1, 0.15) is 0 Å². The van der Waals surface area contributed by atoms with Crippen LogP contribution >= 0.6 is 0 Å². The number of nitrogens with zero attached hydrogens (tertiary/aromatic N) is 2. The molecule has 7 heteroatoms. The number of amides is 1. The molecule has 3 rings (SSSR count). The summed E-state index contributed by atoms with van der Waals surface area (Å²) in [7, 11) is 0. The number of furan rings is 1. The van der Waals surface area contributed by atoms with Gasteiger partial charge in [0.2, 0.25) is 0 Å². The molecule has 0 spiro atoms. The molecule has 0 fully saturated rings. The molecule has 2 heterocycles. The van der Waals surface area contributed by atoms with Gasteiger partial charge in [0.25, 0.3) is 5.91 Å². The molecule has 2 aromatic heterocycles. The van der Waals surface area contributed by atoms with Crippen molar-refractivity contribution in [3.63, 3.8) is 0 Å². The summed E-state index contributed by atoms with van der Waals surface area (Å²) in [5.74, 6) is -0.867. The third-order valence-electron chi connectivity index (χ3n) is 3.51. The maximum atomic E-state index is 13.6. The highest BCUT2D eigenvalue weighted by molar-refractivity contribution is 5.80. The first-order chi connectivity index (χ1) is 12.1. The number of carbonyl (C=O) groups is 1. The first-order valence-electron chi connectivity index (χ1n) is 7.66. The summed E-state index contributed by atoms with van der Waals surface area (Å²) in [5.41, 5.74) is 1.99. The predicted molar refractivity (Wildman–Crippen MR) is 88.1 cm³/mol. The van der Waals surface area contributed by atoms with Crippen LogP contribution in [0.15, 0.2) is 59.7 Å². The van der Waals surface area contributed by atoms with E-state index in [1.807, 2.05) is 0 Å². The van der Waals surface area contributed by atoms with Crippen molar-refractivity contribution in [1.29, 1.82) is 0 Å². The van der Waals surface area contributed by atoms with Crippen LogP contribution in [0.25, 0.3) is 11.3 Å². The fourth-order valence-corrected chi connectivity index (χ4v) is 2.24. The number of ether oxygens (including phenoxy) is 1. The van der Waals surface area contributed by atoms with Crippen LogP contribution in [0.3, 0.4) is 0 Å². The van der Waals surface area contributed by atoms with Crippen molar-refractivity contribution < 1.29 is 18.3 Å². The number of para-hydroxylation sites is 1. The van der Waals surface area contributed by atoms with Crippen LogP contribution < -0.4 is 10.1 Å². The van der Waals surface area contributed by atoms with Gasteiger partial charge in [0, 0.05) is 18.0 Å². The molecule has 0 aliphatic heterocycles. The average Bonchev–Trinajstić information content (AvgIpc) is 3.16. The molecule has 0 radical (unpaired) electrons. The largest absolute Gasteiger partial charge is 0.478 e. The Balaban J connectivity index is 1.64. The number of nitrogens with one attached hydrogen (secondary N) is 1. The quantitative estimate of drug-likeness (QED) is 0.746. The van der Waals surface area contributed by atoms with Crippen molar-refractivity contribution in [3.8, 4) is 17.0 Å². The molecule has 1 aromatic carbocycles. The van der Waals surface area contributed by atoms with Gasteiger partial charge in [-0.1, -0.05) is 12.1 Å². The van der Waals surface area contributed by atoms with E-state index in [9.17, 15) is 9.18 Å². The van der Waals surface area contributed by atoms with Gasteiger partial charge in [0.05, 0.1) is 30.5 Å². The van der Waals surface area contributed by atoms with Crippen LogP contribution in [0, 0.1) is 5.82 Å². The monoisotopic (exact) mass is 341 g/mol. The van der Waals surface area contributed by atoms with E-state index in [0.717, 1.165) is 5.56 Å². The molecule has 0 aliphatic rings. The minimum Gasteiger partial charge on any atom is -0.478 e. The summed E-state index contributed by atoms with van der Waals surface area (Å²) in [6.45, 7) is 1.72. The zero-order chi connectivity index (χ0) is 17.6. The van der Waals surface area contributed by atoms with Crippen LogP contribution in [0.5, 0.6) is 5.75 Å². The number of benzene rings is 1. The van der Waals surface area contributed by atoms with E-state index in [1.54, 1.807) is 43.8 Å². The highest BCUT2D eigenvalue weighted by atomic mass is 19.1. The Morgan fingerprint density at radius 3 is 2.84 bits per heavy atom. The average molecular weight is 341 g/mol. The van der Waals surface area contributed by atoms with Crippen molar-refractivity contribution in [2.45, 2.75) is 19.6 Å². The van der Waals surface area contributed by atoms with Gasteiger partial charge < -0.3 is 14.5 Å². The lowest BCUT2D eigenvalue weighted by molar-refractivity contribution is -0.127. The molecule has 0 aliphatic carbocycles. The van der Waals surface area contributed by atoms with Crippen molar-refractivity contribution >= 4 is 5.91 Å². The summed E-state index contributed by atoms with van der Waals surface area (Å²) >= 11 is 0. The fourth-order valence-electron chi connectivity index (χ4n) is 2.24. The number of carbonyl (C=O) groups excluding carboxylic acids is 1. The maximum Gasteiger partial charge on any atom is 0.261 e. The number of hydrogen-bond donors (Lipinski definition) is 1. The van der Waals surface area contributed by atoms with E-state index in [1.165, 1.54) is 18.4 Å². The third kappa shape index (κ3) is 4.00. The van der Waals surface area contributed by atoms with Crippen LogP contribution in [-0.2, 0) is 11.3 Å². The fraction of sp³-hybridized carbons (Fsp3) is 0.167. The van der Waals surface area contributed by atoms with Crippen LogP contribution in [-0.4, -0.2) is 22.0 Å². The Bertz CT molecular complexity index is 852. The summed E-state index contributed by atoms with van der Waals surface area (Å²) in [4.78, 5) is 20.7. The molecule has 3 aromatic rings. The lowest BCUT2D eigenvalue weighted by Crippen LogP contribution is -2.36. The van der Waals surface area contributed by atoms with Gasteiger partial charge in [-0.05, 0) is 25.1 Å². The van der Waals surface area contributed by atoms with Gasteiger partial charge in [-0.3, -0.25) is 14.8 Å². The number of aromatic nitrogens is 2. The predicted octanol–water partition coefficient (Wildman–Crippen LogP) is 2.96. The van der Waals surface area contributed by atoms with Crippen molar-refractivity contribution in [2.24, 2.45) is 0 Å². The Hall–Kier alpha value is -3.22. The van der Waals surface area contributed by atoms with Crippen molar-refractivity contribution in [2.75, 3.05) is 0 Å². The van der Waals surface area contributed by atoms with Gasteiger partial charge in [-0.2, -0.15) is 0 Å². The molecule has 0 bridgehead atoms. The lowest BCUT2D eigenvalue weighted by atomic mass is 10.2. The normalized spacial score (nSPS) is 11.8. The number of halogens is 1. The zero-order valence-electron chi connectivity index (χ0n) is 13.5. The van der Waals surface area contributed by atoms with Gasteiger partial charge in [-0.25, -0.2) is 4.39 Å². The second-order valence-corrected chi connectivity index (χ2v) is 5.27. The van der Waals surface area contributed by atoms with Gasteiger partial charge in [0.15, 0.2) is 17.7 Å². The lowest BCUT2D eigenvalue weighted by Gasteiger charge is -2.15. The first kappa shape index (κ1) is 16.6. The Morgan fingerprint density at radius 2 is 2.08 bits per heavy atom. The summed E-state index contributed by atoms with van der Waals surface area (Å²) in [6.07, 6.45) is 5.35. The zero-order valence-corrected chi connectivity index (χ0v) is 13.5. The standard InChI is InChI=1S/C18H16FN3O3/c1-12(25-16-5-3-2-4-14(16)19)18(23)22-10-15-17(21-8-7-20-15)13-6-9-24-11-13/h2-9,11-12H,10H2,1H3,(H,22,23)/t12-/m0/s1. The summed E-state index contributed by atoms with van der Waals surface area (Å²) < 4.78 is 24.0. The molecular weight excluding hydrogens is 325 g/mol. The summed E-state index contributed by atoms with van der Waals surface area (Å²) in [5, 5.41) is 2.72. The molecule has 0 saturated carbocycles. The molecule has 0 saturated heterocycles. The molecule has 1 atom stereocenters. The topological polar surface area (TPSA) is 77.2 Å². The second kappa shape index (κ2) is 7.57. The SMILES string of the molecule is C[C@H](Oc1ccccc1F)C(=O)NCc1nccnc1-c1ccoc1. The third-order valence-corrected chi connectivity index (χ3v) is 3.51. The maximum absolute atomic E-state index is 13.6. The van der Waals surface area contributed by atoms with Crippen LogP contribution in [0.1, 0.15) is 12.6 Å². The highest BCUT2D eigenvalue weighted by Crippen LogP contribution is 2.20. The highest BCUT2D eigenvalue weighted by Gasteiger charge is 2.17. The van der Waals surface area contributed by atoms with E-state index in [0.29, 0.717) is 11.4 Å². The molecule has 0 unspecified atom stereocenters. The van der Waals surface area contributed by atoms with Crippen LogP contribution in [0.4, 0.5) is 4.39 Å². The Labute approximate surface area is 143 Å². The van der Waals surface area contributed by atoms with E-state index < -0.39 is 11.9 Å². The molecule has 128 valence electrons. The molecule has 1 N–H and O–H groups in total. The van der Waals surface area contributed by atoms with Crippen molar-refractivity contribution in [1.82, 2.24) is 15.3 Å². The van der Waals surface area contributed by atoms with Gasteiger partial charge >= 0.3 is 0 Å². The van der Waals surface area contributed by atoms with E-state index in [-0.39, 0.29) is 18.2 Å². The Kier molecular flexibility index (Phi) is 5.03. The molecule has 1 amide bonds. The minimum atomic E-state index is -0.856. The smallest absolute Gasteiger partial charge is 0.261 e. The number of hydrogen-bond acceptors (Lipinski definition) is 5. The molecular formula is C18H16FN3O3. The van der Waals surface area contributed by atoms with E-state index in [2.05, 4.69) is 15.3 Å². The Morgan fingerprint density at radius 1 is 1.28 bits per heavy atom.